The highest BCUT2D eigenvalue weighted by Crippen LogP contribution is 2.17. The lowest BCUT2D eigenvalue weighted by Gasteiger charge is -2.36. The predicted octanol–water partition coefficient (Wildman–Crippen LogP) is 3.23. The number of anilines is 1. The van der Waals surface area contributed by atoms with Crippen molar-refractivity contribution in [3.63, 3.8) is 0 Å². The molecule has 3 rings (SSSR count). The second kappa shape index (κ2) is 8.90. The predicted molar refractivity (Wildman–Crippen MR) is 105 cm³/mol. The van der Waals surface area contributed by atoms with E-state index in [1.807, 2.05) is 13.0 Å². The lowest BCUT2D eigenvalue weighted by molar-refractivity contribution is 0.0923. The van der Waals surface area contributed by atoms with Crippen LogP contribution in [0.1, 0.15) is 34.7 Å². The van der Waals surface area contributed by atoms with E-state index < -0.39 is 0 Å². The molecule has 0 saturated carbocycles. The normalized spacial score (nSPS) is 15.2. The number of nitrogens with zero attached hydrogens (tertiary/aromatic N) is 2. The summed E-state index contributed by atoms with van der Waals surface area (Å²) in [6, 6.07) is 12.3. The van der Waals surface area contributed by atoms with E-state index in [1.165, 1.54) is 11.3 Å². The molecule has 140 valence electrons. The molecule has 1 fully saturated rings. The Morgan fingerprint density at radius 2 is 1.88 bits per heavy atom. The fraction of sp³-hybridized carbons (Fsp3) is 0.476. The van der Waals surface area contributed by atoms with Gasteiger partial charge in [-0.2, -0.15) is 0 Å². The van der Waals surface area contributed by atoms with E-state index in [1.54, 1.807) is 6.07 Å². The van der Waals surface area contributed by atoms with Gasteiger partial charge in [0, 0.05) is 38.4 Å². The molecule has 0 unspecified atom stereocenters. The van der Waals surface area contributed by atoms with Crippen LogP contribution in [0.5, 0.6) is 0 Å². The molecule has 1 aromatic carbocycles. The van der Waals surface area contributed by atoms with Gasteiger partial charge in [0.1, 0.15) is 5.76 Å². The van der Waals surface area contributed by atoms with Crippen LogP contribution in [0.15, 0.2) is 40.8 Å². The first kappa shape index (κ1) is 18.5. The average molecular weight is 355 g/mol. The van der Waals surface area contributed by atoms with Gasteiger partial charge in [-0.3, -0.25) is 9.69 Å². The van der Waals surface area contributed by atoms with Crippen LogP contribution < -0.4 is 10.2 Å². The number of hydrogen-bond donors (Lipinski definition) is 1. The summed E-state index contributed by atoms with van der Waals surface area (Å²) in [5, 5.41) is 2.92. The molecule has 2 heterocycles. The third kappa shape index (κ3) is 5.11. The van der Waals surface area contributed by atoms with E-state index in [4.69, 9.17) is 4.42 Å². The Morgan fingerprint density at radius 1 is 1.08 bits per heavy atom. The van der Waals surface area contributed by atoms with Crippen LogP contribution in [0.4, 0.5) is 5.69 Å². The molecule has 0 bridgehead atoms. The molecule has 1 aliphatic rings. The standard InChI is InChI=1S/C21H29N3O2/c1-17-6-5-7-19(16-17)24-14-12-23(13-15-24)11-4-3-10-22-21(25)20-9-8-18(2)26-20/h5-9,16H,3-4,10-15H2,1-2H3,(H,22,25). The van der Waals surface area contributed by atoms with Crippen molar-refractivity contribution in [2.24, 2.45) is 0 Å². The summed E-state index contributed by atoms with van der Waals surface area (Å²) in [6.45, 7) is 10.1. The number of nitrogens with one attached hydrogen (secondary N) is 1. The van der Waals surface area contributed by atoms with Crippen molar-refractivity contribution in [2.75, 3.05) is 44.2 Å². The number of carbonyl (C=O) groups excluding carboxylic acids is 1. The third-order valence-electron chi connectivity index (χ3n) is 4.89. The average Bonchev–Trinajstić information content (AvgIpc) is 3.08. The quantitative estimate of drug-likeness (QED) is 0.775. The molecule has 1 amide bonds. The van der Waals surface area contributed by atoms with Crippen LogP contribution >= 0.6 is 0 Å². The van der Waals surface area contributed by atoms with Gasteiger partial charge in [-0.25, -0.2) is 0 Å². The number of hydrogen-bond acceptors (Lipinski definition) is 4. The molecule has 1 N–H and O–H groups in total. The Balaban J connectivity index is 1.30. The zero-order valence-corrected chi connectivity index (χ0v) is 15.8. The molecular formula is C21H29N3O2. The highest BCUT2D eigenvalue weighted by Gasteiger charge is 2.16. The Kier molecular flexibility index (Phi) is 6.34. The van der Waals surface area contributed by atoms with Crippen LogP contribution in [-0.4, -0.2) is 50.1 Å². The molecule has 1 saturated heterocycles. The number of piperazine rings is 1. The van der Waals surface area contributed by atoms with Crippen molar-refractivity contribution >= 4 is 11.6 Å². The van der Waals surface area contributed by atoms with E-state index in [2.05, 4.69) is 46.3 Å². The summed E-state index contributed by atoms with van der Waals surface area (Å²) in [5.74, 6) is 1.04. The van der Waals surface area contributed by atoms with Crippen molar-refractivity contribution in [3.05, 3.63) is 53.5 Å². The Bertz CT molecular complexity index is 718. The maximum absolute atomic E-state index is 11.9. The second-order valence-electron chi connectivity index (χ2n) is 7.04. The van der Waals surface area contributed by atoms with Gasteiger partial charge in [0.25, 0.3) is 5.91 Å². The molecule has 26 heavy (non-hydrogen) atoms. The number of furan rings is 1. The molecular weight excluding hydrogens is 326 g/mol. The molecule has 5 nitrogen and oxygen atoms in total. The summed E-state index contributed by atoms with van der Waals surface area (Å²) in [4.78, 5) is 16.9. The first-order chi connectivity index (χ1) is 12.6. The maximum atomic E-state index is 11.9. The van der Waals surface area contributed by atoms with E-state index in [9.17, 15) is 4.79 Å². The Hall–Kier alpha value is -2.27. The lowest BCUT2D eigenvalue weighted by Crippen LogP contribution is -2.46. The van der Waals surface area contributed by atoms with Gasteiger partial charge in [0.05, 0.1) is 0 Å². The lowest BCUT2D eigenvalue weighted by atomic mass is 10.2. The number of unbranched alkanes of at least 4 members (excludes halogenated alkanes) is 1. The largest absolute Gasteiger partial charge is 0.456 e. The van der Waals surface area contributed by atoms with Crippen LogP contribution in [-0.2, 0) is 0 Å². The van der Waals surface area contributed by atoms with Crippen LogP contribution in [0.25, 0.3) is 0 Å². The van der Waals surface area contributed by atoms with E-state index in [-0.39, 0.29) is 5.91 Å². The summed E-state index contributed by atoms with van der Waals surface area (Å²) in [6.07, 6.45) is 2.09. The summed E-state index contributed by atoms with van der Waals surface area (Å²) in [7, 11) is 0. The third-order valence-corrected chi connectivity index (χ3v) is 4.89. The Morgan fingerprint density at radius 3 is 2.58 bits per heavy atom. The number of rotatable bonds is 7. The van der Waals surface area contributed by atoms with Crippen molar-refractivity contribution in [2.45, 2.75) is 26.7 Å². The van der Waals surface area contributed by atoms with E-state index in [0.29, 0.717) is 12.3 Å². The van der Waals surface area contributed by atoms with Gasteiger partial charge >= 0.3 is 0 Å². The van der Waals surface area contributed by atoms with Crippen molar-refractivity contribution in [1.29, 1.82) is 0 Å². The molecule has 1 aliphatic heterocycles. The van der Waals surface area contributed by atoms with Gasteiger partial charge in [0.2, 0.25) is 0 Å². The smallest absolute Gasteiger partial charge is 0.286 e. The summed E-state index contributed by atoms with van der Waals surface area (Å²) >= 11 is 0. The number of benzene rings is 1. The van der Waals surface area contributed by atoms with Crippen LogP contribution in [0.2, 0.25) is 0 Å². The second-order valence-corrected chi connectivity index (χ2v) is 7.04. The highest BCUT2D eigenvalue weighted by atomic mass is 16.3. The zero-order chi connectivity index (χ0) is 18.4. The van der Waals surface area contributed by atoms with Crippen LogP contribution in [0, 0.1) is 13.8 Å². The fourth-order valence-electron chi connectivity index (χ4n) is 3.36. The zero-order valence-electron chi connectivity index (χ0n) is 15.8. The number of carbonyl (C=O) groups is 1. The van der Waals surface area contributed by atoms with Crippen molar-refractivity contribution < 1.29 is 9.21 Å². The van der Waals surface area contributed by atoms with Gasteiger partial charge in [0.15, 0.2) is 5.76 Å². The first-order valence-electron chi connectivity index (χ1n) is 9.50. The summed E-state index contributed by atoms with van der Waals surface area (Å²) < 4.78 is 5.33. The van der Waals surface area contributed by atoms with Crippen molar-refractivity contribution in [3.8, 4) is 0 Å². The van der Waals surface area contributed by atoms with Gasteiger partial charge in [-0.1, -0.05) is 12.1 Å². The molecule has 0 spiro atoms. The monoisotopic (exact) mass is 355 g/mol. The fourth-order valence-corrected chi connectivity index (χ4v) is 3.36. The molecule has 0 atom stereocenters. The maximum Gasteiger partial charge on any atom is 0.286 e. The van der Waals surface area contributed by atoms with Crippen molar-refractivity contribution in [1.82, 2.24) is 10.2 Å². The minimum Gasteiger partial charge on any atom is -0.456 e. The SMILES string of the molecule is Cc1cccc(N2CCN(CCCCNC(=O)c3ccc(C)o3)CC2)c1. The molecule has 0 radical (unpaired) electrons. The Labute approximate surface area is 156 Å². The number of aryl methyl sites for hydroxylation is 2. The van der Waals surface area contributed by atoms with Gasteiger partial charge < -0.3 is 14.6 Å². The van der Waals surface area contributed by atoms with E-state index >= 15 is 0 Å². The molecule has 0 aliphatic carbocycles. The van der Waals surface area contributed by atoms with Crippen LogP contribution in [0.3, 0.4) is 0 Å². The minimum atomic E-state index is -0.120. The van der Waals surface area contributed by atoms with Gasteiger partial charge in [-0.15, -0.1) is 0 Å². The van der Waals surface area contributed by atoms with Gasteiger partial charge in [-0.05, 0) is 63.1 Å². The number of amides is 1. The topological polar surface area (TPSA) is 48.7 Å². The molecule has 1 aromatic heterocycles. The highest BCUT2D eigenvalue weighted by molar-refractivity contribution is 5.91. The first-order valence-corrected chi connectivity index (χ1v) is 9.50. The molecule has 5 heteroatoms. The van der Waals surface area contributed by atoms with E-state index in [0.717, 1.165) is 51.3 Å². The summed E-state index contributed by atoms with van der Waals surface area (Å²) in [5.41, 5.74) is 2.65. The minimum absolute atomic E-state index is 0.120. The molecule has 2 aromatic rings.